The summed E-state index contributed by atoms with van der Waals surface area (Å²) in [6, 6.07) is 6.27. The van der Waals surface area contributed by atoms with Crippen LogP contribution >= 0.6 is 0 Å². The van der Waals surface area contributed by atoms with Gasteiger partial charge in [0.05, 0.1) is 18.4 Å². The van der Waals surface area contributed by atoms with E-state index >= 15 is 0 Å². The summed E-state index contributed by atoms with van der Waals surface area (Å²) in [5.41, 5.74) is 5.73. The van der Waals surface area contributed by atoms with E-state index in [4.69, 9.17) is 10.5 Å². The average molecular weight is 330 g/mol. The van der Waals surface area contributed by atoms with E-state index in [0.717, 1.165) is 0 Å². The number of aromatic nitrogens is 2. The molecule has 1 amide bonds. The van der Waals surface area contributed by atoms with E-state index in [9.17, 15) is 14.4 Å². The van der Waals surface area contributed by atoms with Crippen molar-refractivity contribution in [2.24, 2.45) is 0 Å². The fraction of sp³-hybridized carbons (Fsp3) is 0.133. The monoisotopic (exact) mass is 330 g/mol. The highest BCUT2D eigenvalue weighted by Crippen LogP contribution is 2.16. The van der Waals surface area contributed by atoms with Gasteiger partial charge in [0.25, 0.3) is 5.91 Å². The third kappa shape index (κ3) is 4.03. The summed E-state index contributed by atoms with van der Waals surface area (Å²) in [4.78, 5) is 42.7. The largest absolute Gasteiger partial charge is 0.465 e. The Morgan fingerprint density at radius 3 is 2.54 bits per heavy atom. The molecule has 3 N–H and O–H groups in total. The third-order valence-corrected chi connectivity index (χ3v) is 2.86. The fourth-order valence-corrected chi connectivity index (χ4v) is 1.77. The van der Waals surface area contributed by atoms with Crippen LogP contribution in [0.15, 0.2) is 36.7 Å². The molecule has 9 nitrogen and oxygen atoms in total. The molecule has 0 atom stereocenters. The molecule has 1 aromatic heterocycles. The van der Waals surface area contributed by atoms with Crippen LogP contribution < -0.4 is 11.1 Å². The van der Waals surface area contributed by atoms with E-state index in [1.165, 1.54) is 31.6 Å². The lowest BCUT2D eigenvalue weighted by Crippen LogP contribution is -2.23. The quantitative estimate of drug-likeness (QED) is 0.763. The number of esters is 2. The third-order valence-electron chi connectivity index (χ3n) is 2.86. The summed E-state index contributed by atoms with van der Waals surface area (Å²) in [7, 11) is 1.23. The summed E-state index contributed by atoms with van der Waals surface area (Å²) in [5, 5.41) is 2.46. The van der Waals surface area contributed by atoms with E-state index in [0.29, 0.717) is 0 Å². The van der Waals surface area contributed by atoms with Gasteiger partial charge in [-0.25, -0.2) is 19.6 Å². The van der Waals surface area contributed by atoms with Crippen molar-refractivity contribution in [1.82, 2.24) is 9.97 Å². The highest BCUT2D eigenvalue weighted by Gasteiger charge is 2.17. The number of amides is 1. The summed E-state index contributed by atoms with van der Waals surface area (Å²) < 4.78 is 9.44. The Morgan fingerprint density at radius 2 is 1.83 bits per heavy atom. The summed E-state index contributed by atoms with van der Waals surface area (Å²) in [5.74, 6) is -2.21. The molecule has 1 aromatic carbocycles. The first kappa shape index (κ1) is 16.9. The predicted molar refractivity (Wildman–Crippen MR) is 83.1 cm³/mol. The highest BCUT2D eigenvalue weighted by atomic mass is 16.5. The van der Waals surface area contributed by atoms with Crippen molar-refractivity contribution in [3.05, 3.63) is 47.9 Å². The van der Waals surface area contributed by atoms with E-state index in [1.807, 2.05) is 0 Å². The number of nitrogens with one attached hydrogen (secondary N) is 1. The summed E-state index contributed by atoms with van der Waals surface area (Å²) in [6.45, 7) is -0.579. The SMILES string of the molecule is COC(=O)c1ccccc1NC(=O)COC(=O)c1nccnc1N. The molecule has 0 radical (unpaired) electrons. The van der Waals surface area contributed by atoms with Crippen LogP contribution in [0.4, 0.5) is 11.5 Å². The van der Waals surface area contributed by atoms with Crippen LogP contribution in [-0.4, -0.2) is 41.5 Å². The van der Waals surface area contributed by atoms with Gasteiger partial charge in [0, 0.05) is 12.4 Å². The molecule has 0 aliphatic rings. The zero-order chi connectivity index (χ0) is 17.5. The Morgan fingerprint density at radius 1 is 1.12 bits per heavy atom. The molecule has 0 spiro atoms. The molecule has 24 heavy (non-hydrogen) atoms. The maximum Gasteiger partial charge on any atom is 0.361 e. The molecule has 0 bridgehead atoms. The lowest BCUT2D eigenvalue weighted by atomic mass is 10.2. The number of carbonyl (C=O) groups is 3. The molecule has 124 valence electrons. The number of hydrogen-bond donors (Lipinski definition) is 2. The van der Waals surface area contributed by atoms with Gasteiger partial charge >= 0.3 is 11.9 Å². The van der Waals surface area contributed by atoms with E-state index in [-0.39, 0.29) is 22.8 Å². The predicted octanol–water partition coefficient (Wildman–Crippen LogP) is 0.641. The van der Waals surface area contributed by atoms with Gasteiger partial charge in [-0.2, -0.15) is 0 Å². The van der Waals surface area contributed by atoms with Crippen molar-refractivity contribution < 1.29 is 23.9 Å². The van der Waals surface area contributed by atoms with E-state index in [1.54, 1.807) is 12.1 Å². The van der Waals surface area contributed by atoms with Crippen LogP contribution in [0.25, 0.3) is 0 Å². The molecule has 0 aliphatic carbocycles. The van der Waals surface area contributed by atoms with Crippen LogP contribution in [0.3, 0.4) is 0 Å². The number of rotatable bonds is 5. The van der Waals surface area contributed by atoms with Gasteiger partial charge in [-0.05, 0) is 12.1 Å². The standard InChI is InChI=1S/C15H14N4O5/c1-23-14(21)9-4-2-3-5-10(9)19-11(20)8-24-15(22)12-13(16)18-7-6-17-12/h2-7H,8H2,1H3,(H2,16,18)(H,19,20). The summed E-state index contributed by atoms with van der Waals surface area (Å²) in [6.07, 6.45) is 2.60. The van der Waals surface area contributed by atoms with Crippen molar-refractivity contribution in [3.8, 4) is 0 Å². The van der Waals surface area contributed by atoms with Gasteiger partial charge in [0.15, 0.2) is 18.1 Å². The Bertz CT molecular complexity index is 778. The Labute approximate surface area is 136 Å². The van der Waals surface area contributed by atoms with Gasteiger partial charge < -0.3 is 20.5 Å². The van der Waals surface area contributed by atoms with Crippen LogP contribution in [0.5, 0.6) is 0 Å². The Kier molecular flexibility index (Phi) is 5.40. The fourth-order valence-electron chi connectivity index (χ4n) is 1.77. The zero-order valence-corrected chi connectivity index (χ0v) is 12.7. The molecule has 2 rings (SSSR count). The van der Waals surface area contributed by atoms with E-state index in [2.05, 4.69) is 20.0 Å². The number of methoxy groups -OCH3 is 1. The minimum Gasteiger partial charge on any atom is -0.465 e. The zero-order valence-electron chi connectivity index (χ0n) is 12.7. The molecule has 0 aliphatic heterocycles. The second-order valence-electron chi connectivity index (χ2n) is 4.45. The maximum atomic E-state index is 11.9. The number of nitrogens with two attached hydrogens (primary N) is 1. The molecule has 0 saturated carbocycles. The Balaban J connectivity index is 1.99. The normalized spacial score (nSPS) is 9.88. The number of anilines is 2. The van der Waals surface area contributed by atoms with Crippen molar-refractivity contribution >= 4 is 29.4 Å². The average Bonchev–Trinajstić information content (AvgIpc) is 2.60. The second kappa shape index (κ2) is 7.68. The lowest BCUT2D eigenvalue weighted by Gasteiger charge is -2.10. The first-order valence-electron chi connectivity index (χ1n) is 6.73. The highest BCUT2D eigenvalue weighted by molar-refractivity contribution is 6.02. The van der Waals surface area contributed by atoms with Crippen LogP contribution in [0, 0.1) is 0 Å². The van der Waals surface area contributed by atoms with Crippen LogP contribution in [0.2, 0.25) is 0 Å². The molecular weight excluding hydrogens is 316 g/mol. The number of carbonyl (C=O) groups excluding carboxylic acids is 3. The van der Waals surface area contributed by atoms with Gasteiger partial charge in [0.1, 0.15) is 0 Å². The lowest BCUT2D eigenvalue weighted by molar-refractivity contribution is -0.119. The molecule has 0 unspecified atom stereocenters. The van der Waals surface area contributed by atoms with Gasteiger partial charge in [-0.15, -0.1) is 0 Å². The number of nitrogens with zero attached hydrogens (tertiary/aromatic N) is 2. The van der Waals surface area contributed by atoms with Crippen molar-refractivity contribution in [2.75, 3.05) is 24.8 Å². The first-order chi connectivity index (χ1) is 11.5. The molecule has 2 aromatic rings. The minimum atomic E-state index is -0.878. The summed E-state index contributed by atoms with van der Waals surface area (Å²) >= 11 is 0. The Hall–Kier alpha value is -3.49. The van der Waals surface area contributed by atoms with E-state index < -0.39 is 24.5 Å². The molecule has 1 heterocycles. The van der Waals surface area contributed by atoms with Gasteiger partial charge in [-0.1, -0.05) is 12.1 Å². The molecule has 0 saturated heterocycles. The first-order valence-corrected chi connectivity index (χ1v) is 6.73. The van der Waals surface area contributed by atoms with Crippen molar-refractivity contribution in [3.63, 3.8) is 0 Å². The topological polar surface area (TPSA) is 134 Å². The smallest absolute Gasteiger partial charge is 0.361 e. The molecule has 0 fully saturated rings. The van der Waals surface area contributed by atoms with Gasteiger partial charge in [0.2, 0.25) is 0 Å². The van der Waals surface area contributed by atoms with Crippen LogP contribution in [-0.2, 0) is 14.3 Å². The van der Waals surface area contributed by atoms with Crippen molar-refractivity contribution in [1.29, 1.82) is 0 Å². The number of hydrogen-bond acceptors (Lipinski definition) is 8. The molecular formula is C15H14N4O5. The number of nitrogen functional groups attached to an aromatic ring is 1. The number of benzene rings is 1. The second-order valence-corrected chi connectivity index (χ2v) is 4.45. The van der Waals surface area contributed by atoms with Crippen LogP contribution in [0.1, 0.15) is 20.8 Å². The maximum absolute atomic E-state index is 11.9. The van der Waals surface area contributed by atoms with Crippen molar-refractivity contribution in [2.45, 2.75) is 0 Å². The molecule has 9 heteroatoms. The van der Waals surface area contributed by atoms with Gasteiger partial charge in [-0.3, -0.25) is 4.79 Å². The number of ether oxygens (including phenoxy) is 2. The minimum absolute atomic E-state index is 0.0982. The number of para-hydroxylation sites is 1.